The Labute approximate surface area is 182 Å². The molecule has 0 bridgehead atoms. The van der Waals surface area contributed by atoms with Crippen molar-refractivity contribution in [3.05, 3.63) is 12.2 Å². The second-order valence-corrected chi connectivity index (χ2v) is 9.05. The third-order valence-electron chi connectivity index (χ3n) is 6.75. The molecule has 0 amide bonds. The lowest BCUT2D eigenvalue weighted by atomic mass is 10.1. The van der Waals surface area contributed by atoms with Gasteiger partial charge in [0.25, 0.3) is 0 Å². The van der Waals surface area contributed by atoms with Gasteiger partial charge in [0.2, 0.25) is 5.84 Å². The molecule has 0 aliphatic carbocycles. The Bertz CT molecular complexity index is 444. The van der Waals surface area contributed by atoms with Crippen LogP contribution in [-0.4, -0.2) is 41.3 Å². The number of quaternary nitrogens is 1. The molecule has 2 unspecified atom stereocenters. The summed E-state index contributed by atoms with van der Waals surface area (Å²) in [6, 6.07) is 0. The van der Waals surface area contributed by atoms with E-state index in [-0.39, 0.29) is 6.23 Å². The monoisotopic (exact) mass is 407 g/mol. The van der Waals surface area contributed by atoms with Gasteiger partial charge in [-0.05, 0) is 39.0 Å². The lowest BCUT2D eigenvalue weighted by molar-refractivity contribution is -0.882. The van der Waals surface area contributed by atoms with Crippen LogP contribution in [0.3, 0.4) is 0 Å². The molecule has 0 saturated carbocycles. The second kappa shape index (κ2) is 17.1. The third-order valence-corrected chi connectivity index (χ3v) is 6.75. The van der Waals surface area contributed by atoms with Crippen LogP contribution < -0.4 is 0 Å². The van der Waals surface area contributed by atoms with Crippen LogP contribution in [0, 0.1) is 0 Å². The predicted molar refractivity (Wildman–Crippen MR) is 128 cm³/mol. The minimum Gasteiger partial charge on any atom is -0.345 e. The Balaban J connectivity index is 1.90. The summed E-state index contributed by atoms with van der Waals surface area (Å²) in [5.74, 6) is 1.24. The first-order valence-electron chi connectivity index (χ1n) is 12.9. The van der Waals surface area contributed by atoms with E-state index in [1.54, 1.807) is 0 Å². The fourth-order valence-electron chi connectivity index (χ4n) is 4.64. The zero-order valence-corrected chi connectivity index (χ0v) is 20.0. The number of rotatable bonds is 19. The quantitative estimate of drug-likeness (QED) is 0.135. The fraction of sp³-hybridized carbons (Fsp3) is 0.885. The van der Waals surface area contributed by atoms with Gasteiger partial charge in [-0.3, -0.25) is 4.48 Å². The molecule has 0 spiro atoms. The summed E-state index contributed by atoms with van der Waals surface area (Å²) in [4.78, 5) is 4.71. The normalized spacial score (nSPS) is 20.5. The maximum atomic E-state index is 10.2. The number of likely N-dealkylation sites (N-methyl/N-ethyl adjacent to an activating group) is 1. The standard InChI is InChI=1S/C26H51N2O/c1-4-6-7-8-9-10-11-12-13-14-15-16-17-18-19-20-21-22-26-27-23-24-28(26,5-2)25(3)29/h13-14,25,29H,4-12,15-24H2,1-3H3/q+1/b14-13+. The van der Waals surface area contributed by atoms with Gasteiger partial charge in [-0.2, -0.15) is 0 Å². The van der Waals surface area contributed by atoms with Crippen molar-refractivity contribution < 1.29 is 9.59 Å². The van der Waals surface area contributed by atoms with Gasteiger partial charge in [0, 0.05) is 13.3 Å². The van der Waals surface area contributed by atoms with E-state index in [0.29, 0.717) is 4.48 Å². The molecule has 1 N–H and O–H groups in total. The molecule has 1 aliphatic rings. The molecule has 0 aromatic rings. The van der Waals surface area contributed by atoms with E-state index in [1.165, 1.54) is 102 Å². The van der Waals surface area contributed by atoms with Gasteiger partial charge in [0.15, 0.2) is 6.23 Å². The molecule has 2 atom stereocenters. The maximum Gasteiger partial charge on any atom is 0.200 e. The number of hydrogen-bond donors (Lipinski definition) is 1. The summed E-state index contributed by atoms with van der Waals surface area (Å²) in [6.45, 7) is 9.22. The summed E-state index contributed by atoms with van der Waals surface area (Å²) in [6.07, 6.45) is 25.9. The number of allylic oxidation sites excluding steroid dienone is 2. The van der Waals surface area contributed by atoms with Crippen LogP contribution in [-0.2, 0) is 0 Å². The van der Waals surface area contributed by atoms with Gasteiger partial charge in [-0.1, -0.05) is 83.3 Å². The van der Waals surface area contributed by atoms with Crippen LogP contribution >= 0.6 is 0 Å². The van der Waals surface area contributed by atoms with Crippen molar-refractivity contribution in [1.82, 2.24) is 0 Å². The molecule has 170 valence electrons. The first kappa shape index (κ1) is 26.4. The molecule has 0 saturated heterocycles. The van der Waals surface area contributed by atoms with E-state index >= 15 is 0 Å². The number of aliphatic hydroxyl groups is 1. The molecule has 29 heavy (non-hydrogen) atoms. The van der Waals surface area contributed by atoms with Gasteiger partial charge in [-0.25, -0.2) is 4.99 Å². The van der Waals surface area contributed by atoms with Gasteiger partial charge in [-0.15, -0.1) is 0 Å². The number of nitrogens with zero attached hydrogens (tertiary/aromatic N) is 2. The first-order valence-corrected chi connectivity index (χ1v) is 12.9. The van der Waals surface area contributed by atoms with Gasteiger partial charge >= 0.3 is 0 Å². The topological polar surface area (TPSA) is 32.6 Å². The van der Waals surface area contributed by atoms with E-state index in [4.69, 9.17) is 4.99 Å². The van der Waals surface area contributed by atoms with E-state index in [2.05, 4.69) is 26.0 Å². The molecule has 1 aliphatic heterocycles. The summed E-state index contributed by atoms with van der Waals surface area (Å²) >= 11 is 0. The first-order chi connectivity index (χ1) is 14.2. The Kier molecular flexibility index (Phi) is 15.5. The molecular weight excluding hydrogens is 356 g/mol. The fourth-order valence-corrected chi connectivity index (χ4v) is 4.64. The van der Waals surface area contributed by atoms with Crippen LogP contribution in [0.2, 0.25) is 0 Å². The van der Waals surface area contributed by atoms with Crippen LogP contribution in [0.5, 0.6) is 0 Å². The molecular formula is C26H51N2O+. The summed E-state index contributed by atoms with van der Waals surface area (Å²) in [7, 11) is 0. The average molecular weight is 408 g/mol. The van der Waals surface area contributed by atoms with Crippen LogP contribution in [0.4, 0.5) is 0 Å². The number of aliphatic imine (C=N–C) groups is 1. The van der Waals surface area contributed by atoms with Gasteiger partial charge in [0.1, 0.15) is 6.54 Å². The molecule has 3 nitrogen and oxygen atoms in total. The van der Waals surface area contributed by atoms with Crippen molar-refractivity contribution in [2.24, 2.45) is 4.99 Å². The molecule has 1 heterocycles. The SMILES string of the molecule is CCCCCCCCC/C=C/CCCCCCCCC1=NCC[N+]1(CC)C(C)O. The smallest absolute Gasteiger partial charge is 0.200 e. The Morgan fingerprint density at radius 2 is 1.34 bits per heavy atom. The maximum absolute atomic E-state index is 10.2. The summed E-state index contributed by atoms with van der Waals surface area (Å²) in [5.41, 5.74) is 0. The third kappa shape index (κ3) is 10.8. The van der Waals surface area contributed by atoms with Crippen molar-refractivity contribution >= 4 is 5.84 Å². The Morgan fingerprint density at radius 3 is 1.86 bits per heavy atom. The van der Waals surface area contributed by atoms with Gasteiger partial charge in [0.05, 0.1) is 13.1 Å². The molecule has 0 fully saturated rings. The van der Waals surface area contributed by atoms with Crippen molar-refractivity contribution in [3.8, 4) is 0 Å². The molecule has 3 heteroatoms. The second-order valence-electron chi connectivity index (χ2n) is 9.05. The number of amidine groups is 1. The van der Waals surface area contributed by atoms with Crippen molar-refractivity contribution in [2.45, 2.75) is 130 Å². The largest absolute Gasteiger partial charge is 0.345 e. The summed E-state index contributed by atoms with van der Waals surface area (Å²) in [5, 5.41) is 10.2. The minimum absolute atomic E-state index is 0.319. The van der Waals surface area contributed by atoms with E-state index < -0.39 is 0 Å². The van der Waals surface area contributed by atoms with Crippen LogP contribution in [0.1, 0.15) is 124 Å². The lowest BCUT2D eigenvalue weighted by Crippen LogP contribution is -2.56. The average Bonchev–Trinajstić information content (AvgIpc) is 3.14. The number of aliphatic hydroxyl groups excluding tert-OH is 1. The van der Waals surface area contributed by atoms with Crippen molar-refractivity contribution in [2.75, 3.05) is 19.6 Å². The van der Waals surface area contributed by atoms with Gasteiger partial charge < -0.3 is 5.11 Å². The highest BCUT2D eigenvalue weighted by Gasteiger charge is 2.40. The number of hydrogen-bond acceptors (Lipinski definition) is 2. The summed E-state index contributed by atoms with van der Waals surface area (Å²) < 4.78 is 0.713. The zero-order chi connectivity index (χ0) is 21.2. The molecule has 0 aromatic heterocycles. The predicted octanol–water partition coefficient (Wildman–Crippen LogP) is 7.39. The zero-order valence-electron chi connectivity index (χ0n) is 20.0. The highest BCUT2D eigenvalue weighted by atomic mass is 16.3. The molecule has 0 aromatic carbocycles. The highest BCUT2D eigenvalue weighted by Crippen LogP contribution is 2.23. The van der Waals surface area contributed by atoms with Crippen LogP contribution in [0.15, 0.2) is 17.1 Å². The van der Waals surface area contributed by atoms with Crippen molar-refractivity contribution in [3.63, 3.8) is 0 Å². The van der Waals surface area contributed by atoms with E-state index in [9.17, 15) is 5.11 Å². The minimum atomic E-state index is -0.319. The Morgan fingerprint density at radius 1 is 0.828 bits per heavy atom. The van der Waals surface area contributed by atoms with Crippen molar-refractivity contribution in [1.29, 1.82) is 0 Å². The highest BCUT2D eigenvalue weighted by molar-refractivity contribution is 5.76. The molecule has 0 radical (unpaired) electrons. The molecule has 1 rings (SSSR count). The van der Waals surface area contributed by atoms with E-state index in [1.807, 2.05) is 6.92 Å². The number of unbranched alkanes of at least 4 members (excludes halogenated alkanes) is 13. The Hall–Kier alpha value is -0.670. The van der Waals surface area contributed by atoms with Crippen LogP contribution in [0.25, 0.3) is 0 Å². The van der Waals surface area contributed by atoms with E-state index in [0.717, 1.165) is 26.1 Å². The lowest BCUT2D eigenvalue weighted by Gasteiger charge is -2.36.